The van der Waals surface area contributed by atoms with Crippen LogP contribution in [0.15, 0.2) is 6.07 Å². The fourth-order valence-electron chi connectivity index (χ4n) is 1.97. The van der Waals surface area contributed by atoms with E-state index in [1.807, 2.05) is 24.8 Å². The molecule has 4 nitrogen and oxygen atoms in total. The minimum absolute atomic E-state index is 0.736. The minimum atomic E-state index is 0.736. The Labute approximate surface area is 113 Å². The number of hydrogen-bond donors (Lipinski definition) is 2. The van der Waals surface area contributed by atoms with Crippen LogP contribution in [0.25, 0.3) is 0 Å². The lowest BCUT2D eigenvalue weighted by Crippen LogP contribution is -2.15. The van der Waals surface area contributed by atoms with E-state index in [4.69, 9.17) is 0 Å². The van der Waals surface area contributed by atoms with Crippen molar-refractivity contribution in [3.63, 3.8) is 0 Å². The number of nitrogens with one attached hydrogen (secondary N) is 2. The predicted octanol–water partition coefficient (Wildman–Crippen LogP) is 2.77. The summed E-state index contributed by atoms with van der Waals surface area (Å²) < 4.78 is 0. The summed E-state index contributed by atoms with van der Waals surface area (Å²) in [5.41, 5.74) is 1.01. The van der Waals surface area contributed by atoms with Crippen LogP contribution < -0.4 is 10.6 Å². The zero-order valence-corrected chi connectivity index (χ0v) is 12.0. The first-order chi connectivity index (χ1) is 8.78. The van der Waals surface area contributed by atoms with Crippen molar-refractivity contribution < 1.29 is 0 Å². The molecule has 1 saturated heterocycles. The van der Waals surface area contributed by atoms with E-state index in [0.29, 0.717) is 0 Å². The first-order valence-corrected chi connectivity index (χ1v) is 7.84. The molecule has 1 fully saturated rings. The second kappa shape index (κ2) is 6.83. The number of anilines is 2. The minimum Gasteiger partial charge on any atom is -0.370 e. The van der Waals surface area contributed by atoms with Crippen molar-refractivity contribution in [3.8, 4) is 0 Å². The molecule has 0 amide bonds. The molecule has 0 radical (unpaired) electrons. The molecule has 2 rings (SSSR count). The molecule has 100 valence electrons. The molecule has 1 atom stereocenters. The number of aryl methyl sites for hydroxylation is 1. The van der Waals surface area contributed by atoms with Crippen LogP contribution in [0.5, 0.6) is 0 Å². The summed E-state index contributed by atoms with van der Waals surface area (Å²) in [6, 6.07) is 2.01. The Morgan fingerprint density at radius 1 is 1.39 bits per heavy atom. The van der Waals surface area contributed by atoms with Gasteiger partial charge in [-0.05, 0) is 37.2 Å². The first-order valence-electron chi connectivity index (χ1n) is 6.69. The highest BCUT2D eigenvalue weighted by atomic mass is 32.2. The van der Waals surface area contributed by atoms with Crippen molar-refractivity contribution in [1.29, 1.82) is 0 Å². The number of thioether (sulfide) groups is 1. The van der Waals surface area contributed by atoms with Gasteiger partial charge in [0.2, 0.25) is 5.95 Å². The molecule has 1 aromatic rings. The van der Waals surface area contributed by atoms with Gasteiger partial charge in [0, 0.05) is 24.8 Å². The fraction of sp³-hybridized carbons (Fsp3) is 0.692. The van der Waals surface area contributed by atoms with Gasteiger partial charge >= 0.3 is 0 Å². The lowest BCUT2D eigenvalue weighted by molar-refractivity contribution is 0.630. The molecule has 0 saturated carbocycles. The Morgan fingerprint density at radius 2 is 2.28 bits per heavy atom. The molecule has 1 aliphatic rings. The van der Waals surface area contributed by atoms with E-state index < -0.39 is 0 Å². The summed E-state index contributed by atoms with van der Waals surface area (Å²) in [7, 11) is 0. The molecule has 0 bridgehead atoms. The summed E-state index contributed by atoms with van der Waals surface area (Å²) in [4.78, 5) is 8.88. The highest BCUT2D eigenvalue weighted by molar-refractivity contribution is 7.99. The molecule has 5 heteroatoms. The van der Waals surface area contributed by atoms with E-state index in [9.17, 15) is 0 Å². The van der Waals surface area contributed by atoms with Crippen LogP contribution in [0.3, 0.4) is 0 Å². The zero-order valence-electron chi connectivity index (χ0n) is 11.2. The van der Waals surface area contributed by atoms with Crippen molar-refractivity contribution in [1.82, 2.24) is 9.97 Å². The zero-order chi connectivity index (χ0) is 12.8. The van der Waals surface area contributed by atoms with Gasteiger partial charge in [-0.1, -0.05) is 6.92 Å². The second-order valence-corrected chi connectivity index (χ2v) is 5.91. The van der Waals surface area contributed by atoms with Crippen LogP contribution in [0.4, 0.5) is 11.8 Å². The van der Waals surface area contributed by atoms with Crippen LogP contribution >= 0.6 is 11.8 Å². The molecule has 0 aromatic carbocycles. The fourth-order valence-corrected chi connectivity index (χ4v) is 3.25. The summed E-state index contributed by atoms with van der Waals surface area (Å²) in [6.07, 6.45) is 2.40. The summed E-state index contributed by atoms with van der Waals surface area (Å²) in [6.45, 7) is 6.09. The van der Waals surface area contributed by atoms with Crippen LogP contribution in [-0.4, -0.2) is 34.6 Å². The summed E-state index contributed by atoms with van der Waals surface area (Å²) >= 11 is 2.05. The van der Waals surface area contributed by atoms with E-state index in [-0.39, 0.29) is 0 Å². The lowest BCUT2D eigenvalue weighted by Gasteiger charge is -2.12. The van der Waals surface area contributed by atoms with Gasteiger partial charge in [0.1, 0.15) is 5.82 Å². The Morgan fingerprint density at radius 3 is 3.00 bits per heavy atom. The van der Waals surface area contributed by atoms with Gasteiger partial charge < -0.3 is 10.6 Å². The van der Waals surface area contributed by atoms with E-state index in [1.165, 1.54) is 17.9 Å². The second-order valence-electron chi connectivity index (χ2n) is 4.76. The average molecular weight is 266 g/mol. The third-order valence-corrected chi connectivity index (χ3v) is 4.21. The van der Waals surface area contributed by atoms with E-state index in [0.717, 1.165) is 42.9 Å². The normalized spacial score (nSPS) is 18.9. The van der Waals surface area contributed by atoms with Crippen LogP contribution in [-0.2, 0) is 0 Å². The largest absolute Gasteiger partial charge is 0.370 e. The van der Waals surface area contributed by atoms with Gasteiger partial charge in [-0.25, -0.2) is 4.98 Å². The van der Waals surface area contributed by atoms with Crippen molar-refractivity contribution in [2.24, 2.45) is 5.92 Å². The molecule has 1 aromatic heterocycles. The monoisotopic (exact) mass is 266 g/mol. The summed E-state index contributed by atoms with van der Waals surface area (Å²) in [5.74, 6) is 5.05. The molecule has 2 N–H and O–H groups in total. The quantitative estimate of drug-likeness (QED) is 0.829. The van der Waals surface area contributed by atoms with E-state index >= 15 is 0 Å². The smallest absolute Gasteiger partial charge is 0.224 e. The number of hydrogen-bond acceptors (Lipinski definition) is 5. The van der Waals surface area contributed by atoms with E-state index in [2.05, 4.69) is 27.5 Å². The molecule has 2 heterocycles. The molecule has 0 aliphatic carbocycles. The van der Waals surface area contributed by atoms with Crippen LogP contribution in [0.2, 0.25) is 0 Å². The van der Waals surface area contributed by atoms with Gasteiger partial charge in [0.15, 0.2) is 0 Å². The van der Waals surface area contributed by atoms with E-state index in [1.54, 1.807) is 0 Å². The maximum Gasteiger partial charge on any atom is 0.224 e. The first kappa shape index (κ1) is 13.5. The van der Waals surface area contributed by atoms with Crippen molar-refractivity contribution in [3.05, 3.63) is 11.8 Å². The third-order valence-electron chi connectivity index (χ3n) is 2.98. The van der Waals surface area contributed by atoms with Crippen molar-refractivity contribution in [2.75, 3.05) is 35.2 Å². The van der Waals surface area contributed by atoms with Crippen LogP contribution in [0, 0.1) is 12.8 Å². The molecule has 1 aliphatic heterocycles. The van der Waals surface area contributed by atoms with Crippen LogP contribution in [0.1, 0.15) is 25.5 Å². The molecular formula is C13H22N4S. The topological polar surface area (TPSA) is 49.8 Å². The Kier molecular flexibility index (Phi) is 5.11. The highest BCUT2D eigenvalue weighted by Gasteiger charge is 2.15. The Balaban J connectivity index is 1.91. The third kappa shape index (κ3) is 4.05. The van der Waals surface area contributed by atoms with Crippen molar-refractivity contribution >= 4 is 23.5 Å². The lowest BCUT2D eigenvalue weighted by atomic mass is 10.1. The maximum atomic E-state index is 4.49. The van der Waals surface area contributed by atoms with Gasteiger partial charge in [-0.2, -0.15) is 16.7 Å². The highest BCUT2D eigenvalue weighted by Crippen LogP contribution is 2.23. The molecule has 0 spiro atoms. The standard InChI is InChI=1S/C13H22N4S/c1-3-5-14-13-16-10(2)7-12(17-13)15-8-11-4-6-18-9-11/h7,11H,3-6,8-9H2,1-2H3,(H2,14,15,16,17). The molecule has 1 unspecified atom stereocenters. The number of aromatic nitrogens is 2. The van der Waals surface area contributed by atoms with Gasteiger partial charge in [-0.15, -0.1) is 0 Å². The van der Waals surface area contributed by atoms with Gasteiger partial charge in [0.25, 0.3) is 0 Å². The molecular weight excluding hydrogens is 244 g/mol. The number of rotatable bonds is 6. The Bertz CT molecular complexity index is 377. The maximum absolute atomic E-state index is 4.49. The summed E-state index contributed by atoms with van der Waals surface area (Å²) in [5, 5.41) is 6.68. The predicted molar refractivity (Wildman–Crippen MR) is 79.5 cm³/mol. The van der Waals surface area contributed by atoms with Crippen molar-refractivity contribution in [2.45, 2.75) is 26.7 Å². The van der Waals surface area contributed by atoms with Gasteiger partial charge in [0.05, 0.1) is 0 Å². The SMILES string of the molecule is CCCNc1nc(C)cc(NCC2CCSC2)n1. The average Bonchev–Trinajstić information content (AvgIpc) is 2.86. The molecule has 18 heavy (non-hydrogen) atoms. The Hall–Kier alpha value is -0.970. The number of nitrogens with zero attached hydrogens (tertiary/aromatic N) is 2. The van der Waals surface area contributed by atoms with Gasteiger partial charge in [-0.3, -0.25) is 0 Å².